The Bertz CT molecular complexity index is 723. The van der Waals surface area contributed by atoms with E-state index in [1.807, 2.05) is 13.0 Å². The molecule has 0 spiro atoms. The van der Waals surface area contributed by atoms with Crippen LogP contribution >= 0.6 is 45.2 Å². The first kappa shape index (κ1) is 17.3. The van der Waals surface area contributed by atoms with Gasteiger partial charge in [-0.1, -0.05) is 6.07 Å². The van der Waals surface area contributed by atoms with Gasteiger partial charge in [0.15, 0.2) is 0 Å². The van der Waals surface area contributed by atoms with E-state index in [-0.39, 0.29) is 6.04 Å². The van der Waals surface area contributed by atoms with Gasteiger partial charge in [0.05, 0.1) is 14.3 Å². The van der Waals surface area contributed by atoms with E-state index in [1.165, 1.54) is 16.7 Å². The van der Waals surface area contributed by atoms with Crippen molar-refractivity contribution in [1.29, 1.82) is 0 Å². The van der Waals surface area contributed by atoms with Gasteiger partial charge in [-0.05, 0) is 112 Å². The van der Waals surface area contributed by atoms with Crippen LogP contribution in [0, 0.1) is 14.1 Å². The summed E-state index contributed by atoms with van der Waals surface area (Å²) < 4.78 is 7.73. The van der Waals surface area contributed by atoms with Crippen LogP contribution in [0.15, 0.2) is 24.3 Å². The number of phenolic OH excluding ortho intramolecular Hbond substituents is 1. The zero-order chi connectivity index (χ0) is 16.6. The van der Waals surface area contributed by atoms with Crippen molar-refractivity contribution in [3.8, 4) is 11.5 Å². The van der Waals surface area contributed by atoms with Gasteiger partial charge in [-0.2, -0.15) is 0 Å². The highest BCUT2D eigenvalue weighted by molar-refractivity contribution is 14.1. The molecule has 3 nitrogen and oxygen atoms in total. The van der Waals surface area contributed by atoms with Crippen LogP contribution in [-0.4, -0.2) is 18.8 Å². The average molecular weight is 535 g/mol. The highest BCUT2D eigenvalue weighted by Gasteiger charge is 2.22. The standard InChI is InChI=1S/C18H19I2NO2/c1-10-5-13-12(9-17(10)22)3-4-21-16(13)8-11-6-14(19)18(23-2)15(20)7-11/h5-7,9,16,21-22H,3-4,8H2,1-2H3/t16-/m1/s1. The van der Waals surface area contributed by atoms with Crippen LogP contribution in [0.4, 0.5) is 0 Å². The lowest BCUT2D eigenvalue weighted by Gasteiger charge is -2.28. The van der Waals surface area contributed by atoms with Gasteiger partial charge in [-0.3, -0.25) is 0 Å². The van der Waals surface area contributed by atoms with Gasteiger partial charge in [-0.15, -0.1) is 0 Å². The van der Waals surface area contributed by atoms with Crippen molar-refractivity contribution in [3.05, 3.63) is 53.7 Å². The van der Waals surface area contributed by atoms with Crippen molar-refractivity contribution in [3.63, 3.8) is 0 Å². The van der Waals surface area contributed by atoms with E-state index in [0.717, 1.165) is 37.8 Å². The monoisotopic (exact) mass is 535 g/mol. The number of phenols is 1. The van der Waals surface area contributed by atoms with Crippen molar-refractivity contribution >= 4 is 45.2 Å². The number of benzene rings is 2. The van der Waals surface area contributed by atoms with Crippen molar-refractivity contribution < 1.29 is 9.84 Å². The van der Waals surface area contributed by atoms with E-state index in [0.29, 0.717) is 5.75 Å². The molecule has 1 aliphatic heterocycles. The number of hydrogen-bond donors (Lipinski definition) is 2. The predicted molar refractivity (Wildman–Crippen MR) is 109 cm³/mol. The number of aryl methyl sites for hydroxylation is 1. The molecule has 0 unspecified atom stereocenters. The molecular formula is C18H19I2NO2. The summed E-state index contributed by atoms with van der Waals surface area (Å²) in [4.78, 5) is 0. The van der Waals surface area contributed by atoms with Crippen LogP contribution in [0.5, 0.6) is 11.5 Å². The summed E-state index contributed by atoms with van der Waals surface area (Å²) in [6.45, 7) is 2.91. The first-order valence-corrected chi connectivity index (χ1v) is 9.73. The lowest BCUT2D eigenvalue weighted by Crippen LogP contribution is -2.31. The first-order valence-electron chi connectivity index (χ1n) is 7.57. The predicted octanol–water partition coefficient (Wildman–Crippen LogP) is 4.35. The highest BCUT2D eigenvalue weighted by atomic mass is 127. The molecule has 5 heteroatoms. The SMILES string of the molecule is COc1c(I)cc(C[C@H]2NCCc3cc(O)c(C)cc32)cc1I. The Hall–Kier alpha value is -0.540. The molecule has 2 aromatic rings. The second-order valence-corrected chi connectivity index (χ2v) is 8.22. The van der Waals surface area contributed by atoms with E-state index in [1.54, 1.807) is 7.11 Å². The summed E-state index contributed by atoms with van der Waals surface area (Å²) in [5.74, 6) is 1.35. The smallest absolute Gasteiger partial charge is 0.145 e. The zero-order valence-electron chi connectivity index (χ0n) is 13.1. The molecular weight excluding hydrogens is 516 g/mol. The second-order valence-electron chi connectivity index (χ2n) is 5.89. The van der Waals surface area contributed by atoms with Crippen molar-refractivity contribution in [1.82, 2.24) is 5.32 Å². The van der Waals surface area contributed by atoms with Crippen LogP contribution in [0.2, 0.25) is 0 Å². The fourth-order valence-electron chi connectivity index (χ4n) is 3.14. The molecule has 1 heterocycles. The Morgan fingerprint density at radius 1 is 1.22 bits per heavy atom. The minimum absolute atomic E-state index is 0.290. The minimum Gasteiger partial charge on any atom is -0.508 e. The van der Waals surface area contributed by atoms with Gasteiger partial charge in [-0.25, -0.2) is 0 Å². The molecule has 1 aliphatic rings. The summed E-state index contributed by atoms with van der Waals surface area (Å²) in [5.41, 5.74) is 4.81. The summed E-state index contributed by atoms with van der Waals surface area (Å²) in [7, 11) is 1.72. The van der Waals surface area contributed by atoms with E-state index in [2.05, 4.69) is 68.7 Å². The van der Waals surface area contributed by atoms with Gasteiger partial charge in [0.25, 0.3) is 0 Å². The van der Waals surface area contributed by atoms with Crippen molar-refractivity contribution in [2.24, 2.45) is 0 Å². The third kappa shape index (κ3) is 3.61. The zero-order valence-corrected chi connectivity index (χ0v) is 17.4. The van der Waals surface area contributed by atoms with E-state index in [9.17, 15) is 5.11 Å². The Labute approximate surface area is 164 Å². The van der Waals surface area contributed by atoms with Crippen molar-refractivity contribution in [2.45, 2.75) is 25.8 Å². The molecule has 1 atom stereocenters. The Morgan fingerprint density at radius 3 is 2.57 bits per heavy atom. The first-order chi connectivity index (χ1) is 11.0. The third-order valence-electron chi connectivity index (χ3n) is 4.32. The summed E-state index contributed by atoms with van der Waals surface area (Å²) in [5, 5.41) is 13.6. The average Bonchev–Trinajstić information content (AvgIpc) is 2.49. The Morgan fingerprint density at radius 2 is 1.91 bits per heavy atom. The van der Waals surface area contributed by atoms with Gasteiger partial charge in [0.1, 0.15) is 11.5 Å². The third-order valence-corrected chi connectivity index (χ3v) is 5.92. The van der Waals surface area contributed by atoms with Gasteiger partial charge < -0.3 is 15.2 Å². The molecule has 3 rings (SSSR count). The van der Waals surface area contributed by atoms with Crippen LogP contribution < -0.4 is 10.1 Å². The molecule has 0 fully saturated rings. The Kier molecular flexibility index (Phi) is 5.37. The maximum atomic E-state index is 9.95. The lowest BCUT2D eigenvalue weighted by molar-refractivity contribution is 0.408. The van der Waals surface area contributed by atoms with Crippen LogP contribution in [0.1, 0.15) is 28.3 Å². The van der Waals surface area contributed by atoms with Crippen LogP contribution in [0.3, 0.4) is 0 Å². The minimum atomic E-state index is 0.290. The summed E-state index contributed by atoms with van der Waals surface area (Å²) in [6.07, 6.45) is 1.91. The topological polar surface area (TPSA) is 41.5 Å². The van der Waals surface area contributed by atoms with Crippen LogP contribution in [-0.2, 0) is 12.8 Å². The fourth-order valence-corrected chi connectivity index (χ4v) is 5.47. The molecule has 122 valence electrons. The molecule has 0 saturated carbocycles. The largest absolute Gasteiger partial charge is 0.508 e. The van der Waals surface area contributed by atoms with Gasteiger partial charge in [0, 0.05) is 6.04 Å². The number of nitrogens with one attached hydrogen (secondary N) is 1. The normalized spacial score (nSPS) is 17.0. The molecule has 2 N–H and O–H groups in total. The second kappa shape index (κ2) is 7.14. The fraction of sp³-hybridized carbons (Fsp3) is 0.333. The molecule has 0 aromatic heterocycles. The number of fused-ring (bicyclic) bond motifs is 1. The van der Waals surface area contributed by atoms with Crippen molar-refractivity contribution in [2.75, 3.05) is 13.7 Å². The number of halogens is 2. The lowest BCUT2D eigenvalue weighted by atomic mass is 9.89. The molecule has 23 heavy (non-hydrogen) atoms. The molecule has 0 saturated heterocycles. The van der Waals surface area contributed by atoms with Gasteiger partial charge in [0.2, 0.25) is 0 Å². The number of ether oxygens (including phenoxy) is 1. The molecule has 0 radical (unpaired) electrons. The number of rotatable bonds is 3. The maximum Gasteiger partial charge on any atom is 0.145 e. The number of methoxy groups -OCH3 is 1. The van der Waals surface area contributed by atoms with E-state index >= 15 is 0 Å². The Balaban J connectivity index is 1.92. The van der Waals surface area contributed by atoms with Crippen LogP contribution in [0.25, 0.3) is 0 Å². The summed E-state index contributed by atoms with van der Waals surface area (Å²) >= 11 is 4.66. The molecule has 0 amide bonds. The number of aromatic hydroxyl groups is 1. The molecule has 2 aromatic carbocycles. The van der Waals surface area contributed by atoms with E-state index < -0.39 is 0 Å². The quantitative estimate of drug-likeness (QED) is 0.575. The highest BCUT2D eigenvalue weighted by Crippen LogP contribution is 2.33. The van der Waals surface area contributed by atoms with Gasteiger partial charge >= 0.3 is 0 Å². The molecule has 0 bridgehead atoms. The number of hydrogen-bond acceptors (Lipinski definition) is 3. The molecule has 0 aliphatic carbocycles. The maximum absolute atomic E-state index is 9.95. The summed E-state index contributed by atoms with van der Waals surface area (Å²) in [6, 6.07) is 8.74. The van der Waals surface area contributed by atoms with E-state index in [4.69, 9.17) is 4.74 Å².